The second-order valence-electron chi connectivity index (χ2n) is 7.06. The minimum absolute atomic E-state index is 0.0769. The molecule has 0 radical (unpaired) electrons. The third-order valence-corrected chi connectivity index (χ3v) is 5.78. The molecule has 32 heavy (non-hydrogen) atoms. The number of ether oxygens (including phenoxy) is 1. The second kappa shape index (κ2) is 11.3. The lowest BCUT2D eigenvalue weighted by Gasteiger charge is -2.15. The number of carbonyl (C=O) groups excluding carboxylic acids is 2. The number of amides is 2. The standard InChI is InChI=1S/C23H27N5O3S/c1-4-28-21(16(2)25-22(30)18-10-12-19(31-3)13-11-18)26-27-23(28)32-15-20(29)24-14-17-8-6-5-7-9-17/h5-13,16H,4,14-15H2,1-3H3,(H,24,29)(H,25,30). The van der Waals surface area contributed by atoms with E-state index in [1.807, 2.05) is 48.7 Å². The molecule has 2 amide bonds. The first kappa shape index (κ1) is 23.3. The molecule has 0 aliphatic rings. The first-order valence-electron chi connectivity index (χ1n) is 10.3. The van der Waals surface area contributed by atoms with Gasteiger partial charge in [0.05, 0.1) is 18.9 Å². The summed E-state index contributed by atoms with van der Waals surface area (Å²) in [5.41, 5.74) is 1.58. The Morgan fingerprint density at radius 1 is 1.09 bits per heavy atom. The Bertz CT molecular complexity index is 1040. The Balaban J connectivity index is 1.57. The monoisotopic (exact) mass is 453 g/mol. The Morgan fingerprint density at radius 3 is 2.47 bits per heavy atom. The van der Waals surface area contributed by atoms with Crippen LogP contribution >= 0.6 is 11.8 Å². The van der Waals surface area contributed by atoms with Gasteiger partial charge in [-0.2, -0.15) is 0 Å². The van der Waals surface area contributed by atoms with Gasteiger partial charge in [-0.3, -0.25) is 9.59 Å². The van der Waals surface area contributed by atoms with Crippen LogP contribution < -0.4 is 15.4 Å². The summed E-state index contributed by atoms with van der Waals surface area (Å²) in [5, 5.41) is 15.0. The van der Waals surface area contributed by atoms with Gasteiger partial charge in [-0.05, 0) is 43.7 Å². The summed E-state index contributed by atoms with van der Waals surface area (Å²) in [6, 6.07) is 16.3. The molecule has 2 N–H and O–H groups in total. The molecule has 8 nitrogen and oxygen atoms in total. The number of hydrogen-bond donors (Lipinski definition) is 2. The number of methoxy groups -OCH3 is 1. The molecule has 2 aromatic carbocycles. The number of thioether (sulfide) groups is 1. The van der Waals surface area contributed by atoms with E-state index in [0.29, 0.717) is 35.4 Å². The molecule has 0 fully saturated rings. The van der Waals surface area contributed by atoms with E-state index in [1.54, 1.807) is 31.4 Å². The summed E-state index contributed by atoms with van der Waals surface area (Å²) in [6.45, 7) is 4.95. The highest BCUT2D eigenvalue weighted by molar-refractivity contribution is 7.99. The molecule has 3 aromatic rings. The van der Waals surface area contributed by atoms with Crippen LogP contribution in [0.2, 0.25) is 0 Å². The van der Waals surface area contributed by atoms with Crippen LogP contribution in [0.1, 0.15) is 41.6 Å². The fourth-order valence-corrected chi connectivity index (χ4v) is 3.93. The molecule has 1 atom stereocenters. The molecular weight excluding hydrogens is 426 g/mol. The van der Waals surface area contributed by atoms with Crippen LogP contribution in [0.15, 0.2) is 59.8 Å². The van der Waals surface area contributed by atoms with Crippen molar-refractivity contribution in [1.82, 2.24) is 25.4 Å². The van der Waals surface area contributed by atoms with Gasteiger partial charge in [0.2, 0.25) is 5.91 Å². The van der Waals surface area contributed by atoms with Crippen molar-refractivity contribution in [3.63, 3.8) is 0 Å². The molecule has 1 unspecified atom stereocenters. The van der Waals surface area contributed by atoms with Gasteiger partial charge in [0.1, 0.15) is 5.75 Å². The van der Waals surface area contributed by atoms with Gasteiger partial charge < -0.3 is 19.9 Å². The van der Waals surface area contributed by atoms with Gasteiger partial charge in [0.25, 0.3) is 5.91 Å². The summed E-state index contributed by atoms with van der Waals surface area (Å²) in [7, 11) is 1.58. The van der Waals surface area contributed by atoms with Crippen molar-refractivity contribution < 1.29 is 14.3 Å². The number of carbonyl (C=O) groups is 2. The average molecular weight is 454 g/mol. The van der Waals surface area contributed by atoms with Crippen molar-refractivity contribution in [1.29, 1.82) is 0 Å². The van der Waals surface area contributed by atoms with Crippen LogP contribution in [0.25, 0.3) is 0 Å². The molecule has 1 heterocycles. The topological polar surface area (TPSA) is 98.1 Å². The molecule has 0 saturated carbocycles. The molecule has 0 bridgehead atoms. The Labute approximate surface area is 191 Å². The molecule has 3 rings (SSSR count). The third-order valence-electron chi connectivity index (χ3n) is 4.81. The van der Waals surface area contributed by atoms with E-state index in [2.05, 4.69) is 20.8 Å². The molecule has 0 aliphatic heterocycles. The summed E-state index contributed by atoms with van der Waals surface area (Å²) in [6.07, 6.45) is 0. The number of nitrogens with one attached hydrogen (secondary N) is 2. The number of benzene rings is 2. The maximum absolute atomic E-state index is 12.6. The molecule has 1 aromatic heterocycles. The summed E-state index contributed by atoms with van der Waals surface area (Å²) in [5.74, 6) is 1.28. The molecule has 0 spiro atoms. The highest BCUT2D eigenvalue weighted by Crippen LogP contribution is 2.21. The maximum Gasteiger partial charge on any atom is 0.251 e. The highest BCUT2D eigenvalue weighted by Gasteiger charge is 2.20. The Kier molecular flexibility index (Phi) is 8.27. The Morgan fingerprint density at radius 2 is 1.81 bits per heavy atom. The summed E-state index contributed by atoms with van der Waals surface area (Å²) < 4.78 is 7.04. The second-order valence-corrected chi connectivity index (χ2v) is 8.00. The molecule has 0 saturated heterocycles. The minimum Gasteiger partial charge on any atom is -0.497 e. The SMILES string of the molecule is CCn1c(SCC(=O)NCc2ccccc2)nnc1C(C)NC(=O)c1ccc(OC)cc1. The van der Waals surface area contributed by atoms with E-state index in [1.165, 1.54) is 11.8 Å². The predicted molar refractivity (Wildman–Crippen MR) is 124 cm³/mol. The van der Waals surface area contributed by atoms with Crippen molar-refractivity contribution >= 4 is 23.6 Å². The summed E-state index contributed by atoms with van der Waals surface area (Å²) >= 11 is 1.32. The lowest BCUT2D eigenvalue weighted by atomic mass is 10.2. The van der Waals surface area contributed by atoms with Crippen molar-refractivity contribution in [3.05, 3.63) is 71.5 Å². The quantitative estimate of drug-likeness (QED) is 0.458. The molecular formula is C23H27N5O3S. The fourth-order valence-electron chi connectivity index (χ4n) is 3.09. The normalized spacial score (nSPS) is 11.6. The van der Waals surface area contributed by atoms with Crippen LogP contribution in [0.5, 0.6) is 5.75 Å². The van der Waals surface area contributed by atoms with Gasteiger partial charge in [0.15, 0.2) is 11.0 Å². The Hall–Kier alpha value is -3.33. The first-order chi connectivity index (χ1) is 15.5. The zero-order valence-electron chi connectivity index (χ0n) is 18.4. The minimum atomic E-state index is -0.349. The summed E-state index contributed by atoms with van der Waals surface area (Å²) in [4.78, 5) is 24.8. The largest absolute Gasteiger partial charge is 0.497 e. The van der Waals surface area contributed by atoms with Crippen LogP contribution in [0, 0.1) is 0 Å². The number of nitrogens with zero attached hydrogens (tertiary/aromatic N) is 3. The zero-order chi connectivity index (χ0) is 22.9. The number of aromatic nitrogens is 3. The number of hydrogen-bond acceptors (Lipinski definition) is 6. The van der Waals surface area contributed by atoms with Gasteiger partial charge in [-0.25, -0.2) is 0 Å². The van der Waals surface area contributed by atoms with Crippen LogP contribution in [-0.2, 0) is 17.9 Å². The molecule has 9 heteroatoms. The van der Waals surface area contributed by atoms with Crippen molar-refractivity contribution in [2.45, 2.75) is 38.1 Å². The lowest BCUT2D eigenvalue weighted by Crippen LogP contribution is -2.28. The van der Waals surface area contributed by atoms with E-state index in [9.17, 15) is 9.59 Å². The predicted octanol–water partition coefficient (Wildman–Crippen LogP) is 3.21. The van der Waals surface area contributed by atoms with Crippen LogP contribution in [0.4, 0.5) is 0 Å². The van der Waals surface area contributed by atoms with E-state index < -0.39 is 0 Å². The maximum atomic E-state index is 12.6. The van der Waals surface area contributed by atoms with Crippen molar-refractivity contribution in [3.8, 4) is 5.75 Å². The molecule has 0 aliphatic carbocycles. The third kappa shape index (κ3) is 6.10. The van der Waals surface area contributed by atoms with Crippen LogP contribution in [-0.4, -0.2) is 39.4 Å². The first-order valence-corrected chi connectivity index (χ1v) is 11.3. The van der Waals surface area contributed by atoms with Crippen LogP contribution in [0.3, 0.4) is 0 Å². The van der Waals surface area contributed by atoms with E-state index in [4.69, 9.17) is 4.74 Å². The number of rotatable bonds is 10. The van der Waals surface area contributed by atoms with Gasteiger partial charge >= 0.3 is 0 Å². The van der Waals surface area contributed by atoms with Crippen molar-refractivity contribution in [2.24, 2.45) is 0 Å². The van der Waals surface area contributed by atoms with Crippen molar-refractivity contribution in [2.75, 3.05) is 12.9 Å². The molecule has 168 valence electrons. The van der Waals surface area contributed by atoms with E-state index in [-0.39, 0.29) is 23.6 Å². The van der Waals surface area contributed by atoms with E-state index >= 15 is 0 Å². The van der Waals surface area contributed by atoms with Gasteiger partial charge in [-0.1, -0.05) is 42.1 Å². The zero-order valence-corrected chi connectivity index (χ0v) is 19.2. The van der Waals surface area contributed by atoms with E-state index in [0.717, 1.165) is 5.56 Å². The highest BCUT2D eigenvalue weighted by atomic mass is 32.2. The smallest absolute Gasteiger partial charge is 0.251 e. The fraction of sp³-hybridized carbons (Fsp3) is 0.304. The van der Waals surface area contributed by atoms with Gasteiger partial charge in [0, 0.05) is 18.7 Å². The lowest BCUT2D eigenvalue weighted by molar-refractivity contribution is -0.118. The van der Waals surface area contributed by atoms with Gasteiger partial charge in [-0.15, -0.1) is 10.2 Å². The average Bonchev–Trinajstić information content (AvgIpc) is 3.25.